The molecular formula is C17H15ClN4OS. The van der Waals surface area contributed by atoms with Gasteiger partial charge in [-0.15, -0.1) is 10.2 Å². The Morgan fingerprint density at radius 2 is 1.92 bits per heavy atom. The first kappa shape index (κ1) is 16.7. The molecule has 0 fully saturated rings. The third kappa shape index (κ3) is 3.66. The van der Waals surface area contributed by atoms with Crippen molar-refractivity contribution in [1.82, 2.24) is 19.7 Å². The molecule has 7 heteroatoms. The Morgan fingerprint density at radius 1 is 1.17 bits per heavy atom. The zero-order valence-electron chi connectivity index (χ0n) is 13.2. The first-order valence-electron chi connectivity index (χ1n) is 7.28. The van der Waals surface area contributed by atoms with Gasteiger partial charge in [0.25, 0.3) is 0 Å². The molecule has 0 bridgehead atoms. The highest BCUT2D eigenvalue weighted by Gasteiger charge is 2.14. The van der Waals surface area contributed by atoms with Gasteiger partial charge in [0.05, 0.1) is 5.75 Å². The van der Waals surface area contributed by atoms with Crippen molar-refractivity contribution in [3.8, 4) is 11.4 Å². The van der Waals surface area contributed by atoms with Crippen LogP contribution in [0.2, 0.25) is 5.15 Å². The van der Waals surface area contributed by atoms with E-state index in [9.17, 15) is 4.79 Å². The topological polar surface area (TPSA) is 60.7 Å². The van der Waals surface area contributed by atoms with Crippen molar-refractivity contribution in [2.45, 2.75) is 12.1 Å². The van der Waals surface area contributed by atoms with Crippen molar-refractivity contribution in [3.63, 3.8) is 0 Å². The van der Waals surface area contributed by atoms with E-state index in [-0.39, 0.29) is 5.78 Å². The fourth-order valence-electron chi connectivity index (χ4n) is 2.15. The number of thioether (sulfide) groups is 1. The molecule has 24 heavy (non-hydrogen) atoms. The van der Waals surface area contributed by atoms with E-state index in [1.165, 1.54) is 11.8 Å². The van der Waals surface area contributed by atoms with E-state index in [0.29, 0.717) is 27.5 Å². The number of hydrogen-bond donors (Lipinski definition) is 0. The molecular weight excluding hydrogens is 344 g/mol. The Morgan fingerprint density at radius 3 is 2.58 bits per heavy atom. The summed E-state index contributed by atoms with van der Waals surface area (Å²) in [7, 11) is 1.86. The molecule has 0 radical (unpaired) electrons. The second kappa shape index (κ2) is 7.15. The fraction of sp³-hybridized carbons (Fsp3) is 0.176. The fourth-order valence-corrected chi connectivity index (χ4v) is 3.07. The predicted molar refractivity (Wildman–Crippen MR) is 95.5 cm³/mol. The third-order valence-corrected chi connectivity index (χ3v) is 4.77. The lowest BCUT2D eigenvalue weighted by Gasteiger charge is -2.04. The van der Waals surface area contributed by atoms with Crippen LogP contribution < -0.4 is 0 Å². The van der Waals surface area contributed by atoms with Crippen molar-refractivity contribution >= 4 is 29.1 Å². The van der Waals surface area contributed by atoms with E-state index in [0.717, 1.165) is 11.1 Å². The van der Waals surface area contributed by atoms with Gasteiger partial charge in [-0.3, -0.25) is 4.79 Å². The number of carbonyl (C=O) groups excluding carboxylic acids is 1. The number of aryl methyl sites for hydroxylation is 1. The molecule has 0 aliphatic heterocycles. The molecule has 0 aliphatic rings. The van der Waals surface area contributed by atoms with Gasteiger partial charge >= 0.3 is 0 Å². The number of benzene rings is 1. The van der Waals surface area contributed by atoms with E-state index in [1.54, 1.807) is 12.3 Å². The second-order valence-corrected chi connectivity index (χ2v) is 6.64. The summed E-state index contributed by atoms with van der Waals surface area (Å²) in [6.07, 6.45) is 1.65. The van der Waals surface area contributed by atoms with Crippen molar-refractivity contribution in [1.29, 1.82) is 0 Å². The maximum atomic E-state index is 12.3. The summed E-state index contributed by atoms with van der Waals surface area (Å²) in [5.41, 5.74) is 2.66. The van der Waals surface area contributed by atoms with E-state index >= 15 is 0 Å². The summed E-state index contributed by atoms with van der Waals surface area (Å²) >= 11 is 7.17. The number of rotatable bonds is 5. The normalized spacial score (nSPS) is 10.8. The number of hydrogen-bond acceptors (Lipinski definition) is 5. The molecule has 0 saturated carbocycles. The molecule has 0 amide bonds. The van der Waals surface area contributed by atoms with Crippen molar-refractivity contribution < 1.29 is 4.79 Å². The van der Waals surface area contributed by atoms with Gasteiger partial charge in [0, 0.05) is 24.4 Å². The van der Waals surface area contributed by atoms with Crippen LogP contribution in [0.15, 0.2) is 47.8 Å². The van der Waals surface area contributed by atoms with Gasteiger partial charge in [0.15, 0.2) is 16.8 Å². The Bertz CT molecular complexity index is 859. The maximum absolute atomic E-state index is 12.3. The monoisotopic (exact) mass is 358 g/mol. The molecule has 0 aliphatic carbocycles. The van der Waals surface area contributed by atoms with Crippen LogP contribution in [0.1, 0.15) is 15.9 Å². The molecule has 122 valence electrons. The largest absolute Gasteiger partial charge is 0.305 e. The molecule has 0 unspecified atom stereocenters. The minimum Gasteiger partial charge on any atom is -0.305 e. The van der Waals surface area contributed by atoms with E-state index < -0.39 is 0 Å². The van der Waals surface area contributed by atoms with Crippen LogP contribution >= 0.6 is 23.4 Å². The van der Waals surface area contributed by atoms with Crippen molar-refractivity contribution in [2.75, 3.05) is 5.75 Å². The van der Waals surface area contributed by atoms with Gasteiger partial charge in [0.2, 0.25) is 0 Å². The summed E-state index contributed by atoms with van der Waals surface area (Å²) in [4.78, 5) is 16.3. The van der Waals surface area contributed by atoms with Crippen molar-refractivity contribution in [3.05, 3.63) is 58.9 Å². The van der Waals surface area contributed by atoms with Crippen LogP contribution in [0.25, 0.3) is 11.4 Å². The molecule has 0 atom stereocenters. The predicted octanol–water partition coefficient (Wildman–Crippen LogP) is 3.81. The summed E-state index contributed by atoms with van der Waals surface area (Å²) in [5.74, 6) is 1.07. The van der Waals surface area contributed by atoms with Crippen molar-refractivity contribution in [2.24, 2.45) is 7.05 Å². The zero-order valence-corrected chi connectivity index (χ0v) is 14.8. The van der Waals surface area contributed by atoms with Crippen LogP contribution in [0.5, 0.6) is 0 Å². The van der Waals surface area contributed by atoms with Gasteiger partial charge in [-0.05, 0) is 19.1 Å². The zero-order chi connectivity index (χ0) is 17.1. The molecule has 3 aromatic rings. The smallest absolute Gasteiger partial charge is 0.191 e. The Hall–Kier alpha value is -2.18. The maximum Gasteiger partial charge on any atom is 0.191 e. The Labute approximate surface area is 149 Å². The average Bonchev–Trinajstić information content (AvgIpc) is 2.95. The van der Waals surface area contributed by atoms with Gasteiger partial charge in [0.1, 0.15) is 5.15 Å². The Kier molecular flexibility index (Phi) is 4.97. The molecule has 2 aromatic heterocycles. The highest BCUT2D eigenvalue weighted by Crippen LogP contribution is 2.23. The number of aromatic nitrogens is 4. The molecule has 0 N–H and O–H groups in total. The number of pyridine rings is 1. The van der Waals surface area contributed by atoms with Gasteiger partial charge in [-0.2, -0.15) is 0 Å². The van der Waals surface area contributed by atoms with E-state index in [1.807, 2.05) is 48.9 Å². The first-order valence-corrected chi connectivity index (χ1v) is 8.65. The lowest BCUT2D eigenvalue weighted by Crippen LogP contribution is -2.04. The first-order chi connectivity index (χ1) is 11.5. The summed E-state index contributed by atoms with van der Waals surface area (Å²) < 4.78 is 1.85. The van der Waals surface area contributed by atoms with Crippen LogP contribution in [-0.4, -0.2) is 31.3 Å². The summed E-state index contributed by atoms with van der Waals surface area (Å²) in [6, 6.07) is 11.1. The average molecular weight is 359 g/mol. The third-order valence-electron chi connectivity index (χ3n) is 3.53. The lowest BCUT2D eigenvalue weighted by atomic mass is 10.1. The standard InChI is InChI=1S/C17H15ClN4OS/c1-11-3-5-12(6-4-11)14(23)10-24-17-21-20-16(22(17)2)13-7-8-15(18)19-9-13/h3-9H,10H2,1-2H3. The molecule has 0 saturated heterocycles. The number of carbonyl (C=O) groups is 1. The lowest BCUT2D eigenvalue weighted by molar-refractivity contribution is 0.102. The van der Waals surface area contributed by atoms with Crippen LogP contribution in [0.3, 0.4) is 0 Å². The number of Topliss-reactive ketones (excluding diaryl/α,β-unsaturated/α-hetero) is 1. The minimum absolute atomic E-state index is 0.0673. The summed E-state index contributed by atoms with van der Waals surface area (Å²) in [5, 5.41) is 9.44. The molecule has 1 aromatic carbocycles. The van der Waals surface area contributed by atoms with Crippen LogP contribution in [0.4, 0.5) is 0 Å². The van der Waals surface area contributed by atoms with Gasteiger partial charge in [-0.1, -0.05) is 53.2 Å². The van der Waals surface area contributed by atoms with E-state index in [4.69, 9.17) is 11.6 Å². The number of halogens is 1. The molecule has 2 heterocycles. The molecule has 3 rings (SSSR count). The molecule has 0 spiro atoms. The van der Waals surface area contributed by atoms with Gasteiger partial charge < -0.3 is 4.57 Å². The Balaban J connectivity index is 1.71. The highest BCUT2D eigenvalue weighted by atomic mass is 35.5. The van der Waals surface area contributed by atoms with E-state index in [2.05, 4.69) is 15.2 Å². The summed E-state index contributed by atoms with van der Waals surface area (Å²) in [6.45, 7) is 2.00. The van der Waals surface area contributed by atoms with Gasteiger partial charge in [-0.25, -0.2) is 4.98 Å². The second-order valence-electron chi connectivity index (χ2n) is 5.31. The molecule has 5 nitrogen and oxygen atoms in total. The van der Waals surface area contributed by atoms with Crippen LogP contribution in [0, 0.1) is 6.92 Å². The van der Waals surface area contributed by atoms with Crippen LogP contribution in [-0.2, 0) is 7.05 Å². The number of ketones is 1. The SMILES string of the molecule is Cc1ccc(C(=O)CSc2nnc(-c3ccc(Cl)nc3)n2C)cc1. The minimum atomic E-state index is 0.0673. The highest BCUT2D eigenvalue weighted by molar-refractivity contribution is 7.99. The number of nitrogens with zero attached hydrogens (tertiary/aromatic N) is 4. The quantitative estimate of drug-likeness (QED) is 0.394.